The Morgan fingerprint density at radius 3 is 2.30 bits per heavy atom. The Kier molecular flexibility index (Phi) is 5.38. The molecule has 1 saturated heterocycles. The maximum absolute atomic E-state index is 14.4. The van der Waals surface area contributed by atoms with Crippen molar-refractivity contribution < 1.29 is 21.2 Å². The minimum Gasteiger partial charge on any atom is -0.369 e. The number of sulfonamides is 1. The third-order valence-corrected chi connectivity index (χ3v) is 7.24. The first-order valence-electron chi connectivity index (χ1n) is 8.15. The van der Waals surface area contributed by atoms with Crippen LogP contribution in [0.2, 0.25) is 5.02 Å². The van der Waals surface area contributed by atoms with Gasteiger partial charge in [0.05, 0.1) is 21.3 Å². The first-order valence-corrected chi connectivity index (χ1v) is 11.9. The van der Waals surface area contributed by atoms with Gasteiger partial charge in [0.15, 0.2) is 9.84 Å². The molecule has 0 aliphatic carbocycles. The fraction of sp³-hybridized carbons (Fsp3) is 0.294. The van der Waals surface area contributed by atoms with Crippen LogP contribution in [-0.4, -0.2) is 36.2 Å². The highest BCUT2D eigenvalue weighted by atomic mass is 35.5. The molecule has 27 heavy (non-hydrogen) atoms. The van der Waals surface area contributed by atoms with Crippen molar-refractivity contribution in [2.45, 2.75) is 22.6 Å². The predicted molar refractivity (Wildman–Crippen MR) is 103 cm³/mol. The molecule has 0 amide bonds. The third-order valence-electron chi connectivity index (χ3n) is 4.27. The summed E-state index contributed by atoms with van der Waals surface area (Å²) < 4.78 is 65.3. The van der Waals surface area contributed by atoms with Gasteiger partial charge in [0.2, 0.25) is 0 Å². The zero-order valence-electron chi connectivity index (χ0n) is 14.4. The van der Waals surface area contributed by atoms with Crippen molar-refractivity contribution in [3.8, 4) is 0 Å². The first kappa shape index (κ1) is 19.9. The molecule has 0 aromatic heterocycles. The van der Waals surface area contributed by atoms with Gasteiger partial charge in [-0.2, -0.15) is 0 Å². The normalized spacial score (nSPS) is 15.1. The second-order valence-electron chi connectivity index (χ2n) is 6.33. The molecule has 2 aromatic rings. The molecular weight excluding hydrogens is 415 g/mol. The summed E-state index contributed by atoms with van der Waals surface area (Å²) in [6.07, 6.45) is 2.94. The molecule has 1 aliphatic rings. The summed E-state index contributed by atoms with van der Waals surface area (Å²) in [6.45, 7) is 1.52. The number of halogens is 2. The molecule has 1 fully saturated rings. The number of nitrogens with one attached hydrogen (secondary N) is 1. The maximum atomic E-state index is 14.4. The van der Waals surface area contributed by atoms with Crippen LogP contribution in [0.1, 0.15) is 12.8 Å². The summed E-state index contributed by atoms with van der Waals surface area (Å²) in [6, 6.07) is 7.48. The van der Waals surface area contributed by atoms with E-state index in [1.165, 1.54) is 24.3 Å². The van der Waals surface area contributed by atoms with Gasteiger partial charge in [-0.15, -0.1) is 0 Å². The van der Waals surface area contributed by atoms with Crippen molar-refractivity contribution in [3.05, 3.63) is 47.2 Å². The highest BCUT2D eigenvalue weighted by Gasteiger charge is 2.22. The van der Waals surface area contributed by atoms with Gasteiger partial charge in [0, 0.05) is 25.4 Å². The summed E-state index contributed by atoms with van der Waals surface area (Å²) >= 11 is 5.94. The lowest BCUT2D eigenvalue weighted by Crippen LogP contribution is -2.19. The molecule has 10 heteroatoms. The van der Waals surface area contributed by atoms with Crippen molar-refractivity contribution in [3.63, 3.8) is 0 Å². The van der Waals surface area contributed by atoms with Gasteiger partial charge >= 0.3 is 0 Å². The Balaban J connectivity index is 1.92. The molecule has 1 heterocycles. The zero-order chi connectivity index (χ0) is 19.8. The van der Waals surface area contributed by atoms with Crippen LogP contribution in [0, 0.1) is 5.82 Å². The summed E-state index contributed by atoms with van der Waals surface area (Å²) in [5, 5.41) is -0.135. The predicted octanol–water partition coefficient (Wildman–Crippen LogP) is 3.28. The van der Waals surface area contributed by atoms with E-state index in [2.05, 4.69) is 4.72 Å². The van der Waals surface area contributed by atoms with E-state index in [1.54, 1.807) is 0 Å². The Morgan fingerprint density at radius 1 is 1.04 bits per heavy atom. The molecule has 146 valence electrons. The third kappa shape index (κ3) is 4.36. The molecule has 3 rings (SSSR count). The van der Waals surface area contributed by atoms with Crippen LogP contribution in [-0.2, 0) is 19.9 Å². The van der Waals surface area contributed by atoms with E-state index in [9.17, 15) is 21.2 Å². The van der Waals surface area contributed by atoms with Gasteiger partial charge in [0.25, 0.3) is 10.0 Å². The zero-order valence-corrected chi connectivity index (χ0v) is 16.8. The smallest absolute Gasteiger partial charge is 0.263 e. The Morgan fingerprint density at radius 2 is 1.70 bits per heavy atom. The second kappa shape index (κ2) is 7.29. The Labute approximate surface area is 162 Å². The van der Waals surface area contributed by atoms with Crippen molar-refractivity contribution in [2.24, 2.45) is 0 Å². The fourth-order valence-electron chi connectivity index (χ4n) is 2.92. The number of hydrogen-bond donors (Lipinski definition) is 1. The monoisotopic (exact) mass is 432 g/mol. The van der Waals surface area contributed by atoms with Crippen LogP contribution in [0.3, 0.4) is 0 Å². The van der Waals surface area contributed by atoms with E-state index < -0.39 is 30.6 Å². The highest BCUT2D eigenvalue weighted by molar-refractivity contribution is 7.93. The van der Waals surface area contributed by atoms with Crippen LogP contribution in [0.4, 0.5) is 15.8 Å². The minimum absolute atomic E-state index is 0.0243. The van der Waals surface area contributed by atoms with E-state index >= 15 is 0 Å². The topological polar surface area (TPSA) is 83.5 Å². The molecule has 1 N–H and O–H groups in total. The number of hydrogen-bond acceptors (Lipinski definition) is 5. The summed E-state index contributed by atoms with van der Waals surface area (Å²) in [4.78, 5) is 1.33. The van der Waals surface area contributed by atoms with Crippen LogP contribution in [0.15, 0.2) is 46.2 Å². The number of nitrogens with zero attached hydrogens (tertiary/aromatic N) is 1. The van der Waals surface area contributed by atoms with Gasteiger partial charge in [-0.25, -0.2) is 21.2 Å². The lowest BCUT2D eigenvalue weighted by molar-refractivity contribution is 0.599. The number of anilines is 2. The van der Waals surface area contributed by atoms with Gasteiger partial charge in [-0.1, -0.05) is 11.6 Å². The number of benzene rings is 2. The molecule has 0 radical (unpaired) electrons. The van der Waals surface area contributed by atoms with Crippen LogP contribution in [0.5, 0.6) is 0 Å². The molecule has 2 aromatic carbocycles. The maximum Gasteiger partial charge on any atom is 0.263 e. The summed E-state index contributed by atoms with van der Waals surface area (Å²) in [5.41, 5.74) is 0.448. The van der Waals surface area contributed by atoms with Crippen LogP contribution >= 0.6 is 11.6 Å². The van der Waals surface area contributed by atoms with Crippen molar-refractivity contribution in [1.29, 1.82) is 0 Å². The average Bonchev–Trinajstić information content (AvgIpc) is 3.08. The van der Waals surface area contributed by atoms with Gasteiger partial charge in [0.1, 0.15) is 10.7 Å². The van der Waals surface area contributed by atoms with Crippen molar-refractivity contribution >= 4 is 42.8 Å². The number of sulfone groups is 1. The molecule has 0 unspecified atom stereocenters. The van der Waals surface area contributed by atoms with E-state index in [0.717, 1.165) is 44.3 Å². The lowest BCUT2D eigenvalue weighted by Gasteiger charge is -2.19. The average molecular weight is 433 g/mol. The summed E-state index contributed by atoms with van der Waals surface area (Å²) in [7, 11) is -7.82. The van der Waals surface area contributed by atoms with Crippen molar-refractivity contribution in [2.75, 3.05) is 29.0 Å². The van der Waals surface area contributed by atoms with Crippen LogP contribution in [0.25, 0.3) is 0 Å². The molecule has 0 atom stereocenters. The standard InChI is InChI=1S/C17H18ClFN2O4S2/c1-26(22,23)13-5-6-14(18)17(11-13)27(24,25)20-12-4-7-16(15(19)10-12)21-8-2-3-9-21/h4-7,10-11,20H,2-3,8-9H2,1H3. The van der Waals surface area contributed by atoms with E-state index in [-0.39, 0.29) is 15.6 Å². The van der Waals surface area contributed by atoms with Gasteiger partial charge in [-0.05, 0) is 43.2 Å². The number of rotatable bonds is 5. The lowest BCUT2D eigenvalue weighted by atomic mass is 10.2. The molecular formula is C17H18ClFN2O4S2. The summed E-state index contributed by atoms with van der Waals surface area (Å²) in [5.74, 6) is -0.534. The van der Waals surface area contributed by atoms with E-state index in [1.807, 2.05) is 4.90 Å². The second-order valence-corrected chi connectivity index (χ2v) is 10.4. The molecule has 6 nitrogen and oxygen atoms in total. The molecule has 0 spiro atoms. The van der Waals surface area contributed by atoms with Crippen LogP contribution < -0.4 is 9.62 Å². The van der Waals surface area contributed by atoms with Gasteiger partial charge in [-0.3, -0.25) is 4.72 Å². The SMILES string of the molecule is CS(=O)(=O)c1ccc(Cl)c(S(=O)(=O)Nc2ccc(N3CCCC3)c(F)c2)c1. The van der Waals surface area contributed by atoms with Gasteiger partial charge < -0.3 is 4.90 Å². The quantitative estimate of drug-likeness (QED) is 0.783. The Hall–Kier alpha value is -1.84. The molecule has 0 bridgehead atoms. The molecule has 1 aliphatic heterocycles. The minimum atomic E-state index is -4.20. The fourth-order valence-corrected chi connectivity index (χ4v) is 5.21. The van der Waals surface area contributed by atoms with Crippen molar-refractivity contribution in [1.82, 2.24) is 0 Å². The Bertz CT molecular complexity index is 1080. The van der Waals surface area contributed by atoms with E-state index in [4.69, 9.17) is 11.6 Å². The molecule has 0 saturated carbocycles. The first-order chi connectivity index (χ1) is 12.6. The van der Waals surface area contributed by atoms with E-state index in [0.29, 0.717) is 5.69 Å². The largest absolute Gasteiger partial charge is 0.369 e. The highest BCUT2D eigenvalue weighted by Crippen LogP contribution is 2.29.